The van der Waals surface area contributed by atoms with Gasteiger partial charge < -0.3 is 19.9 Å². The van der Waals surface area contributed by atoms with Crippen molar-refractivity contribution in [3.05, 3.63) is 138 Å². The van der Waals surface area contributed by atoms with Crippen molar-refractivity contribution in [3.63, 3.8) is 0 Å². The molecule has 1 heterocycles. The molecule has 1 atom stereocenters. The Hall–Kier alpha value is -4.81. The van der Waals surface area contributed by atoms with Crippen LogP contribution in [0.5, 0.6) is 5.75 Å². The molecule has 0 saturated carbocycles. The van der Waals surface area contributed by atoms with E-state index in [1.165, 1.54) is 21.6 Å². The molecule has 6 rings (SSSR count). The molecule has 1 fully saturated rings. The third-order valence-corrected chi connectivity index (χ3v) is 12.4. The molecule has 0 bridgehead atoms. The average molecular weight is 778 g/mol. The minimum absolute atomic E-state index is 0.0496. The molecular weight excluding hydrogens is 727 g/mol. The van der Waals surface area contributed by atoms with Crippen molar-refractivity contribution in [1.82, 2.24) is 14.5 Å². The molecule has 0 unspecified atom stereocenters. The van der Waals surface area contributed by atoms with Gasteiger partial charge in [-0.2, -0.15) is 0 Å². The van der Waals surface area contributed by atoms with Crippen molar-refractivity contribution in [2.45, 2.75) is 35.7 Å². The van der Waals surface area contributed by atoms with Crippen molar-refractivity contribution in [2.75, 3.05) is 69.9 Å². The van der Waals surface area contributed by atoms with E-state index in [4.69, 9.17) is 4.74 Å². The molecule has 0 aromatic heterocycles. The van der Waals surface area contributed by atoms with Crippen molar-refractivity contribution >= 4 is 39.1 Å². The number of rotatable bonds is 16. The van der Waals surface area contributed by atoms with Crippen LogP contribution in [0.15, 0.2) is 131 Å². The molecule has 1 saturated heterocycles. The first-order chi connectivity index (χ1) is 26.6. The highest BCUT2D eigenvalue weighted by molar-refractivity contribution is 7.99. The van der Waals surface area contributed by atoms with Crippen LogP contribution in [-0.4, -0.2) is 89.8 Å². The van der Waals surface area contributed by atoms with Gasteiger partial charge >= 0.3 is 0 Å². The number of ether oxygens (including phenoxy) is 1. The number of aryl methyl sites for hydroxylation is 1. The lowest BCUT2D eigenvalue weighted by Gasteiger charge is -2.36. The Labute approximate surface area is 330 Å². The predicted molar refractivity (Wildman–Crippen MR) is 226 cm³/mol. The van der Waals surface area contributed by atoms with Crippen LogP contribution in [0.25, 0.3) is 11.1 Å². The maximum absolute atomic E-state index is 13.4. The lowest BCUT2D eigenvalue weighted by Crippen LogP contribution is -2.46. The number of methoxy groups -OCH3 is 1. The van der Waals surface area contributed by atoms with Gasteiger partial charge in [0.1, 0.15) is 5.75 Å². The zero-order valence-corrected chi connectivity index (χ0v) is 33.7. The second-order valence-electron chi connectivity index (χ2n) is 14.2. The normalized spacial score (nSPS) is 14.1. The van der Waals surface area contributed by atoms with E-state index in [0.29, 0.717) is 0 Å². The van der Waals surface area contributed by atoms with Gasteiger partial charge in [0.25, 0.3) is 15.9 Å². The summed E-state index contributed by atoms with van der Waals surface area (Å²) in [6, 6.07) is 39.3. The van der Waals surface area contributed by atoms with Crippen LogP contribution in [0.1, 0.15) is 27.9 Å². The molecule has 5 aromatic carbocycles. The molecule has 2 N–H and O–H groups in total. The number of thioether (sulfide) groups is 1. The maximum Gasteiger partial charge on any atom is 0.264 e. The minimum Gasteiger partial charge on any atom is -0.497 e. The second-order valence-corrected chi connectivity index (χ2v) is 16.9. The maximum atomic E-state index is 13.4. The summed E-state index contributed by atoms with van der Waals surface area (Å²) < 4.78 is 34.3. The highest BCUT2D eigenvalue weighted by atomic mass is 32.2. The minimum atomic E-state index is -4.09. The van der Waals surface area contributed by atoms with Crippen molar-refractivity contribution in [1.29, 1.82) is 0 Å². The molecule has 0 spiro atoms. The first-order valence-electron chi connectivity index (χ1n) is 18.6. The molecule has 9 nitrogen and oxygen atoms in total. The molecule has 1 amide bonds. The Morgan fingerprint density at radius 3 is 2.22 bits per heavy atom. The van der Waals surface area contributed by atoms with Crippen LogP contribution in [0.2, 0.25) is 0 Å². The summed E-state index contributed by atoms with van der Waals surface area (Å²) in [7, 11) is 1.71. The first-order valence-corrected chi connectivity index (χ1v) is 21.1. The van der Waals surface area contributed by atoms with Gasteiger partial charge in [-0.1, -0.05) is 54.6 Å². The van der Waals surface area contributed by atoms with Crippen LogP contribution in [-0.2, 0) is 16.6 Å². The fraction of sp³-hybridized carbons (Fsp3) is 0.295. The molecule has 0 radical (unpaired) electrons. The van der Waals surface area contributed by atoms with E-state index in [-0.39, 0.29) is 16.5 Å². The topological polar surface area (TPSA) is 94.2 Å². The summed E-state index contributed by atoms with van der Waals surface area (Å²) in [4.78, 5) is 21.4. The molecule has 5 aromatic rings. The van der Waals surface area contributed by atoms with Gasteiger partial charge in [0.2, 0.25) is 0 Å². The highest BCUT2D eigenvalue weighted by Crippen LogP contribution is 2.28. The van der Waals surface area contributed by atoms with E-state index >= 15 is 0 Å². The van der Waals surface area contributed by atoms with Crippen LogP contribution < -0.4 is 19.7 Å². The summed E-state index contributed by atoms with van der Waals surface area (Å²) >= 11 is 1.80. The van der Waals surface area contributed by atoms with E-state index in [9.17, 15) is 13.2 Å². The van der Waals surface area contributed by atoms with Crippen LogP contribution in [0.3, 0.4) is 0 Å². The number of piperazine rings is 1. The number of benzene rings is 5. The molecular formula is C44H51N5O4S2. The van der Waals surface area contributed by atoms with Gasteiger partial charge in [0.05, 0.1) is 12.0 Å². The smallest absolute Gasteiger partial charge is 0.264 e. The van der Waals surface area contributed by atoms with E-state index < -0.39 is 15.9 Å². The van der Waals surface area contributed by atoms with Gasteiger partial charge in [-0.25, -0.2) is 13.1 Å². The predicted octanol–water partition coefficient (Wildman–Crippen LogP) is 7.64. The SMILES string of the molecule is COc1ccc(-c2ccccc2CN2CCN(c3ccc(C(=O)NS(=O)(=O)c4ccc(N[C@H](CCN(C)C)CSc5ccccc5)c(C)c4)cc3)CC2)cc1. The van der Waals surface area contributed by atoms with E-state index in [1.54, 1.807) is 49.2 Å². The monoisotopic (exact) mass is 777 g/mol. The number of amides is 1. The number of sulfonamides is 1. The average Bonchev–Trinajstić information content (AvgIpc) is 3.20. The molecule has 55 heavy (non-hydrogen) atoms. The Bertz CT molecular complexity index is 2120. The summed E-state index contributed by atoms with van der Waals surface area (Å²) in [5, 5.41) is 3.64. The zero-order valence-electron chi connectivity index (χ0n) is 32.1. The third-order valence-electron chi connectivity index (χ3n) is 9.89. The van der Waals surface area contributed by atoms with Crippen molar-refractivity contribution in [2.24, 2.45) is 0 Å². The number of carbonyl (C=O) groups excluding carboxylic acids is 1. The Morgan fingerprint density at radius 1 is 0.855 bits per heavy atom. The first kappa shape index (κ1) is 39.9. The Morgan fingerprint density at radius 2 is 1.55 bits per heavy atom. The standard InChI is InChI=1S/C44H51N5O4S2/c1-33-30-41(22-23-43(33)45-37(24-25-47(2)3)32-54-40-11-6-5-7-12-40)55(51,52)46-44(50)35-14-18-38(19-15-35)49-28-26-48(27-29-49)31-36-10-8-9-13-42(36)34-16-20-39(53-4)21-17-34/h5-23,30,37,45H,24-29,31-32H2,1-4H3,(H,46,50)/t37-/m1/s1. The summed E-state index contributed by atoms with van der Waals surface area (Å²) in [5.41, 5.74) is 6.63. The fourth-order valence-electron chi connectivity index (χ4n) is 6.69. The van der Waals surface area contributed by atoms with Gasteiger partial charge in [0.15, 0.2) is 0 Å². The lowest BCUT2D eigenvalue weighted by atomic mass is 9.99. The van der Waals surface area contributed by atoms with Crippen molar-refractivity contribution in [3.8, 4) is 16.9 Å². The number of nitrogens with one attached hydrogen (secondary N) is 2. The van der Waals surface area contributed by atoms with E-state index in [0.717, 1.165) is 74.1 Å². The summed E-state index contributed by atoms with van der Waals surface area (Å²) in [6.07, 6.45) is 0.929. The number of carbonyl (C=O) groups is 1. The van der Waals surface area contributed by atoms with Gasteiger partial charge in [0, 0.05) is 66.4 Å². The van der Waals surface area contributed by atoms with Crippen LogP contribution in [0, 0.1) is 6.92 Å². The number of anilines is 2. The number of hydrogen-bond acceptors (Lipinski definition) is 9. The Kier molecular flexibility index (Phi) is 13.5. The number of hydrogen-bond donors (Lipinski definition) is 2. The largest absolute Gasteiger partial charge is 0.497 e. The fourth-order valence-corrected chi connectivity index (χ4v) is 8.74. The summed E-state index contributed by atoms with van der Waals surface area (Å²) in [6.45, 7) is 7.14. The van der Waals surface area contributed by atoms with Crippen molar-refractivity contribution < 1.29 is 17.9 Å². The van der Waals surface area contributed by atoms with Gasteiger partial charge in [-0.3, -0.25) is 9.69 Å². The van der Waals surface area contributed by atoms with Crippen LogP contribution in [0.4, 0.5) is 11.4 Å². The number of nitrogens with zero attached hydrogens (tertiary/aromatic N) is 3. The van der Waals surface area contributed by atoms with E-state index in [2.05, 4.69) is 87.4 Å². The highest BCUT2D eigenvalue weighted by Gasteiger charge is 2.22. The molecule has 288 valence electrons. The molecule has 0 aliphatic carbocycles. The van der Waals surface area contributed by atoms with E-state index in [1.807, 2.05) is 49.4 Å². The second kappa shape index (κ2) is 18.7. The van der Waals surface area contributed by atoms with Crippen LogP contribution >= 0.6 is 11.8 Å². The van der Waals surface area contributed by atoms with Gasteiger partial charge in [-0.15, -0.1) is 11.8 Å². The lowest BCUT2D eigenvalue weighted by molar-refractivity contribution is 0.0981. The summed E-state index contributed by atoms with van der Waals surface area (Å²) in [5.74, 6) is 1.05. The molecule has 1 aliphatic heterocycles. The molecule has 11 heteroatoms. The Balaban J connectivity index is 1.02. The third kappa shape index (κ3) is 10.9. The molecule has 1 aliphatic rings. The quantitative estimate of drug-likeness (QED) is 0.0982. The zero-order chi connectivity index (χ0) is 38.8. The van der Waals surface area contributed by atoms with Gasteiger partial charge in [-0.05, 0) is 123 Å².